The summed E-state index contributed by atoms with van der Waals surface area (Å²) in [7, 11) is 0. The van der Waals surface area contributed by atoms with E-state index in [1.165, 1.54) is 18.6 Å². The molecule has 3 aliphatic rings. The van der Waals surface area contributed by atoms with Crippen LogP contribution in [0.4, 0.5) is 13.2 Å². The lowest BCUT2D eigenvalue weighted by molar-refractivity contribution is -0.274. The average Bonchev–Trinajstić information content (AvgIpc) is 2.56. The van der Waals surface area contributed by atoms with Crippen LogP contribution in [-0.4, -0.2) is 47.7 Å². The van der Waals surface area contributed by atoms with Gasteiger partial charge in [0.1, 0.15) is 5.75 Å². The van der Waals surface area contributed by atoms with E-state index in [0.29, 0.717) is 30.2 Å². The van der Waals surface area contributed by atoms with E-state index in [9.17, 15) is 18.0 Å². The van der Waals surface area contributed by atoms with Crippen LogP contribution < -0.4 is 4.74 Å². The number of benzene rings is 1. The van der Waals surface area contributed by atoms with Gasteiger partial charge in [-0.2, -0.15) is 0 Å². The summed E-state index contributed by atoms with van der Waals surface area (Å²) in [4.78, 5) is 16.7. The molecule has 0 radical (unpaired) electrons. The summed E-state index contributed by atoms with van der Waals surface area (Å²) in [5.74, 6) is 1.14. The summed E-state index contributed by atoms with van der Waals surface area (Å²) >= 11 is 0. The predicted molar refractivity (Wildman–Crippen MR) is 89.4 cm³/mol. The highest BCUT2D eigenvalue weighted by molar-refractivity contribution is 5.77. The first kappa shape index (κ1) is 17.6. The molecule has 2 bridgehead atoms. The molecule has 4 nitrogen and oxygen atoms in total. The van der Waals surface area contributed by atoms with E-state index in [1.54, 1.807) is 12.1 Å². The van der Waals surface area contributed by atoms with Crippen LogP contribution in [-0.2, 0) is 11.3 Å². The zero-order chi connectivity index (χ0) is 18.3. The van der Waals surface area contributed by atoms with E-state index in [4.69, 9.17) is 0 Å². The number of nitrogens with zero attached hydrogens (tertiary/aromatic N) is 2. The Balaban J connectivity index is 1.39. The molecule has 0 saturated carbocycles. The first-order valence-corrected chi connectivity index (χ1v) is 9.24. The molecule has 3 saturated heterocycles. The summed E-state index contributed by atoms with van der Waals surface area (Å²) in [6.07, 6.45) is -0.702. The van der Waals surface area contributed by atoms with E-state index in [0.717, 1.165) is 44.6 Å². The predicted octanol–water partition coefficient (Wildman–Crippen LogP) is 3.42. The largest absolute Gasteiger partial charge is 0.573 e. The summed E-state index contributed by atoms with van der Waals surface area (Å²) in [6, 6.07) is 6.51. The third kappa shape index (κ3) is 3.82. The maximum absolute atomic E-state index is 12.3. The van der Waals surface area contributed by atoms with Crippen LogP contribution in [0.25, 0.3) is 0 Å². The Morgan fingerprint density at radius 3 is 2.62 bits per heavy atom. The molecule has 0 unspecified atom stereocenters. The number of hydrogen-bond donors (Lipinski definition) is 0. The standard InChI is InChI=1S/C19H23F3N2O2/c20-19(21,22)26-16-6-4-13(5-7-16)9-23-10-14-8-15(12-23)17-2-1-3-18(25)24(17)11-14/h4-7,14-15,17H,1-3,8-12H2/t14-,15-,17-/m0/s1. The van der Waals surface area contributed by atoms with Gasteiger partial charge in [-0.25, -0.2) is 0 Å². The van der Waals surface area contributed by atoms with Gasteiger partial charge in [-0.3, -0.25) is 9.69 Å². The second-order valence-corrected chi connectivity index (χ2v) is 7.75. The Bertz CT molecular complexity index is 662. The number of carbonyl (C=O) groups excluding carboxylic acids is 1. The van der Waals surface area contributed by atoms with Gasteiger partial charge < -0.3 is 9.64 Å². The zero-order valence-corrected chi connectivity index (χ0v) is 14.5. The van der Waals surface area contributed by atoms with E-state index in [1.807, 2.05) is 0 Å². The van der Waals surface area contributed by atoms with Crippen molar-refractivity contribution in [1.29, 1.82) is 0 Å². The minimum absolute atomic E-state index is 0.187. The molecule has 26 heavy (non-hydrogen) atoms. The first-order valence-electron chi connectivity index (χ1n) is 9.24. The van der Waals surface area contributed by atoms with Crippen molar-refractivity contribution >= 4 is 5.91 Å². The number of piperidine rings is 3. The van der Waals surface area contributed by atoms with Crippen LogP contribution in [0.3, 0.4) is 0 Å². The van der Waals surface area contributed by atoms with Crippen LogP contribution in [0.5, 0.6) is 5.75 Å². The van der Waals surface area contributed by atoms with Gasteiger partial charge in [-0.15, -0.1) is 13.2 Å². The number of alkyl halides is 3. The molecule has 3 heterocycles. The normalized spacial score (nSPS) is 29.4. The fourth-order valence-corrected chi connectivity index (χ4v) is 4.90. The lowest BCUT2D eigenvalue weighted by atomic mass is 9.76. The molecule has 3 aliphatic heterocycles. The Hall–Kier alpha value is -1.76. The highest BCUT2D eigenvalue weighted by Crippen LogP contribution is 2.38. The van der Waals surface area contributed by atoms with Crippen LogP contribution in [0.1, 0.15) is 31.2 Å². The van der Waals surface area contributed by atoms with Gasteiger partial charge in [0.05, 0.1) is 0 Å². The van der Waals surface area contributed by atoms with E-state index < -0.39 is 6.36 Å². The number of carbonyl (C=O) groups is 1. The molecule has 4 rings (SSSR count). The number of amides is 1. The third-order valence-electron chi connectivity index (χ3n) is 5.82. The fourth-order valence-electron chi connectivity index (χ4n) is 4.90. The molecular weight excluding hydrogens is 345 g/mol. The molecule has 1 aromatic rings. The summed E-state index contributed by atoms with van der Waals surface area (Å²) in [6.45, 7) is 3.47. The molecule has 3 fully saturated rings. The van der Waals surface area contributed by atoms with Crippen LogP contribution >= 0.6 is 0 Å². The highest BCUT2D eigenvalue weighted by atomic mass is 19.4. The molecular formula is C19H23F3N2O2. The summed E-state index contributed by atoms with van der Waals surface area (Å²) in [5, 5.41) is 0. The average molecular weight is 368 g/mol. The van der Waals surface area contributed by atoms with Crippen LogP contribution in [0, 0.1) is 11.8 Å². The van der Waals surface area contributed by atoms with Gasteiger partial charge in [0.25, 0.3) is 0 Å². The van der Waals surface area contributed by atoms with Gasteiger partial charge in [-0.1, -0.05) is 12.1 Å². The van der Waals surface area contributed by atoms with Gasteiger partial charge in [0, 0.05) is 38.6 Å². The second kappa shape index (κ2) is 6.76. The van der Waals surface area contributed by atoms with E-state index in [-0.39, 0.29) is 5.75 Å². The topological polar surface area (TPSA) is 32.8 Å². The molecule has 3 atom stereocenters. The molecule has 0 aliphatic carbocycles. The Morgan fingerprint density at radius 2 is 1.88 bits per heavy atom. The lowest BCUT2D eigenvalue weighted by Gasteiger charge is -2.52. The Morgan fingerprint density at radius 1 is 1.12 bits per heavy atom. The van der Waals surface area contributed by atoms with Crippen molar-refractivity contribution in [2.75, 3.05) is 19.6 Å². The quantitative estimate of drug-likeness (QED) is 0.820. The third-order valence-corrected chi connectivity index (χ3v) is 5.82. The maximum atomic E-state index is 12.3. The molecule has 0 N–H and O–H groups in total. The van der Waals surface area contributed by atoms with Crippen LogP contribution in [0.2, 0.25) is 0 Å². The fraction of sp³-hybridized carbons (Fsp3) is 0.632. The van der Waals surface area contributed by atoms with Crippen molar-refractivity contribution in [3.8, 4) is 5.75 Å². The second-order valence-electron chi connectivity index (χ2n) is 7.75. The molecule has 1 aromatic carbocycles. The number of ether oxygens (including phenoxy) is 1. The van der Waals surface area contributed by atoms with Crippen molar-refractivity contribution in [3.63, 3.8) is 0 Å². The van der Waals surface area contributed by atoms with Crippen molar-refractivity contribution in [3.05, 3.63) is 29.8 Å². The van der Waals surface area contributed by atoms with E-state index in [2.05, 4.69) is 14.5 Å². The molecule has 7 heteroatoms. The number of fused-ring (bicyclic) bond motifs is 4. The number of rotatable bonds is 3. The van der Waals surface area contributed by atoms with E-state index >= 15 is 0 Å². The number of hydrogen-bond acceptors (Lipinski definition) is 3. The summed E-state index contributed by atoms with van der Waals surface area (Å²) < 4.78 is 40.7. The lowest BCUT2D eigenvalue weighted by Crippen LogP contribution is -2.60. The van der Waals surface area contributed by atoms with Crippen molar-refractivity contribution in [1.82, 2.24) is 9.80 Å². The van der Waals surface area contributed by atoms with Gasteiger partial charge >= 0.3 is 6.36 Å². The monoisotopic (exact) mass is 368 g/mol. The van der Waals surface area contributed by atoms with Crippen LogP contribution in [0.15, 0.2) is 24.3 Å². The summed E-state index contributed by atoms with van der Waals surface area (Å²) in [5.41, 5.74) is 0.982. The molecule has 0 spiro atoms. The molecule has 1 amide bonds. The van der Waals surface area contributed by atoms with Gasteiger partial charge in [0.2, 0.25) is 5.91 Å². The van der Waals surface area contributed by atoms with Crippen molar-refractivity contribution in [2.24, 2.45) is 11.8 Å². The zero-order valence-electron chi connectivity index (χ0n) is 14.5. The molecule has 0 aromatic heterocycles. The Labute approximate surface area is 150 Å². The maximum Gasteiger partial charge on any atom is 0.573 e. The highest BCUT2D eigenvalue weighted by Gasteiger charge is 2.43. The Kier molecular flexibility index (Phi) is 4.59. The van der Waals surface area contributed by atoms with Gasteiger partial charge in [-0.05, 0) is 48.8 Å². The minimum atomic E-state index is -4.66. The molecule has 142 valence electrons. The van der Waals surface area contributed by atoms with Crippen molar-refractivity contribution < 1.29 is 22.7 Å². The smallest absolute Gasteiger partial charge is 0.406 e. The van der Waals surface area contributed by atoms with Gasteiger partial charge in [0.15, 0.2) is 0 Å². The van der Waals surface area contributed by atoms with Crippen molar-refractivity contribution in [2.45, 2.75) is 44.6 Å². The minimum Gasteiger partial charge on any atom is -0.406 e. The SMILES string of the molecule is O=C1CCC[C@H]2[C@H]3C[C@@H](CN(Cc4ccc(OC(F)(F)F)cc4)C3)CN12. The first-order chi connectivity index (χ1) is 12.4. The number of halogens is 3. The number of likely N-dealkylation sites (tertiary alicyclic amines) is 1.